The number of para-hydroxylation sites is 1. The van der Waals surface area contributed by atoms with Crippen LogP contribution < -0.4 is 10.1 Å². The lowest BCUT2D eigenvalue weighted by Gasteiger charge is -2.14. The van der Waals surface area contributed by atoms with Crippen LogP contribution in [0.2, 0.25) is 10.0 Å². The number of rotatable bonds is 7. The SMILES string of the molecule is OC(CNCc1cccc(Cl)c1)COc1ccccc1Cl. The Kier molecular flexibility index (Phi) is 6.33. The topological polar surface area (TPSA) is 41.5 Å². The van der Waals surface area contributed by atoms with Crippen molar-refractivity contribution >= 4 is 23.2 Å². The number of hydrogen-bond donors (Lipinski definition) is 2. The van der Waals surface area contributed by atoms with E-state index >= 15 is 0 Å². The first-order chi connectivity index (χ1) is 10.1. The lowest BCUT2D eigenvalue weighted by atomic mass is 10.2. The maximum Gasteiger partial charge on any atom is 0.138 e. The summed E-state index contributed by atoms with van der Waals surface area (Å²) in [4.78, 5) is 0. The molecule has 0 saturated heterocycles. The average molecular weight is 326 g/mol. The van der Waals surface area contributed by atoms with Crippen LogP contribution in [0, 0.1) is 0 Å². The minimum Gasteiger partial charge on any atom is -0.489 e. The van der Waals surface area contributed by atoms with Gasteiger partial charge in [0, 0.05) is 18.1 Å². The van der Waals surface area contributed by atoms with E-state index in [0.29, 0.717) is 28.9 Å². The van der Waals surface area contributed by atoms with Gasteiger partial charge in [-0.05, 0) is 29.8 Å². The van der Waals surface area contributed by atoms with Gasteiger partial charge >= 0.3 is 0 Å². The third-order valence-corrected chi connectivity index (χ3v) is 3.41. The van der Waals surface area contributed by atoms with Crippen molar-refractivity contribution in [3.05, 3.63) is 64.1 Å². The predicted octanol–water partition coefficient (Wildman–Crippen LogP) is 3.52. The van der Waals surface area contributed by atoms with Crippen molar-refractivity contribution < 1.29 is 9.84 Å². The minimum atomic E-state index is -0.611. The second-order valence-electron chi connectivity index (χ2n) is 4.66. The predicted molar refractivity (Wildman–Crippen MR) is 86.1 cm³/mol. The van der Waals surface area contributed by atoms with Crippen LogP contribution in [0.15, 0.2) is 48.5 Å². The number of hydrogen-bond acceptors (Lipinski definition) is 3. The zero-order valence-electron chi connectivity index (χ0n) is 11.4. The second-order valence-corrected chi connectivity index (χ2v) is 5.50. The van der Waals surface area contributed by atoms with E-state index in [4.69, 9.17) is 27.9 Å². The summed E-state index contributed by atoms with van der Waals surface area (Å²) in [7, 11) is 0. The summed E-state index contributed by atoms with van der Waals surface area (Å²) in [6.07, 6.45) is -0.611. The lowest BCUT2D eigenvalue weighted by Crippen LogP contribution is -2.31. The van der Waals surface area contributed by atoms with Crippen LogP contribution >= 0.6 is 23.2 Å². The summed E-state index contributed by atoms with van der Waals surface area (Å²) in [5, 5.41) is 14.3. The van der Waals surface area contributed by atoms with Gasteiger partial charge in [-0.2, -0.15) is 0 Å². The summed E-state index contributed by atoms with van der Waals surface area (Å²) in [6, 6.07) is 14.8. The summed E-state index contributed by atoms with van der Waals surface area (Å²) in [5.74, 6) is 0.577. The zero-order chi connectivity index (χ0) is 15.1. The van der Waals surface area contributed by atoms with E-state index < -0.39 is 6.10 Å². The van der Waals surface area contributed by atoms with Crippen molar-refractivity contribution in [2.24, 2.45) is 0 Å². The molecular weight excluding hydrogens is 309 g/mol. The molecule has 0 bridgehead atoms. The van der Waals surface area contributed by atoms with E-state index in [9.17, 15) is 5.11 Å². The van der Waals surface area contributed by atoms with Gasteiger partial charge in [0.05, 0.1) is 5.02 Å². The summed E-state index contributed by atoms with van der Waals surface area (Å²) in [5.41, 5.74) is 1.07. The Morgan fingerprint density at radius 1 is 1.10 bits per heavy atom. The van der Waals surface area contributed by atoms with E-state index in [-0.39, 0.29) is 6.61 Å². The van der Waals surface area contributed by atoms with Gasteiger partial charge in [-0.3, -0.25) is 0 Å². The number of ether oxygens (including phenoxy) is 1. The number of benzene rings is 2. The lowest BCUT2D eigenvalue weighted by molar-refractivity contribution is 0.106. The average Bonchev–Trinajstić information content (AvgIpc) is 2.46. The first kappa shape index (κ1) is 16.1. The monoisotopic (exact) mass is 325 g/mol. The van der Waals surface area contributed by atoms with Crippen LogP contribution in [0.3, 0.4) is 0 Å². The molecule has 0 spiro atoms. The van der Waals surface area contributed by atoms with Crippen LogP contribution in [0.1, 0.15) is 5.56 Å². The second kappa shape index (κ2) is 8.25. The summed E-state index contributed by atoms with van der Waals surface area (Å²) < 4.78 is 5.48. The molecule has 112 valence electrons. The molecule has 0 aliphatic heterocycles. The van der Waals surface area contributed by atoms with E-state index in [1.54, 1.807) is 12.1 Å². The van der Waals surface area contributed by atoms with Gasteiger partial charge in [-0.25, -0.2) is 0 Å². The fourth-order valence-corrected chi connectivity index (χ4v) is 2.24. The van der Waals surface area contributed by atoms with Gasteiger partial charge < -0.3 is 15.2 Å². The van der Waals surface area contributed by atoms with E-state index in [1.165, 1.54) is 0 Å². The molecule has 2 rings (SSSR count). The highest BCUT2D eigenvalue weighted by Gasteiger charge is 2.07. The number of aliphatic hydroxyl groups excluding tert-OH is 1. The van der Waals surface area contributed by atoms with Gasteiger partial charge in [0.15, 0.2) is 0 Å². The quantitative estimate of drug-likeness (QED) is 0.818. The van der Waals surface area contributed by atoms with Gasteiger partial charge in [0.25, 0.3) is 0 Å². The molecule has 0 aliphatic carbocycles. The molecule has 3 nitrogen and oxygen atoms in total. The van der Waals surface area contributed by atoms with E-state index in [1.807, 2.05) is 36.4 Å². The Labute approximate surface area is 134 Å². The number of halogens is 2. The fourth-order valence-electron chi connectivity index (χ4n) is 1.84. The van der Waals surface area contributed by atoms with Crippen molar-refractivity contribution in [2.45, 2.75) is 12.6 Å². The van der Waals surface area contributed by atoms with Crippen LogP contribution in [0.25, 0.3) is 0 Å². The maximum absolute atomic E-state index is 9.88. The Bertz CT molecular complexity index is 578. The molecule has 1 unspecified atom stereocenters. The molecule has 0 amide bonds. The highest BCUT2D eigenvalue weighted by atomic mass is 35.5. The Hall–Kier alpha value is -1.26. The molecule has 2 N–H and O–H groups in total. The van der Waals surface area contributed by atoms with Crippen LogP contribution in [-0.2, 0) is 6.54 Å². The Balaban J connectivity index is 1.70. The molecule has 0 heterocycles. The molecule has 5 heteroatoms. The molecule has 2 aromatic carbocycles. The van der Waals surface area contributed by atoms with Gasteiger partial charge in [0.1, 0.15) is 18.5 Å². The van der Waals surface area contributed by atoms with E-state index in [0.717, 1.165) is 5.56 Å². The summed E-state index contributed by atoms with van der Waals surface area (Å²) in [6.45, 7) is 1.26. The van der Waals surface area contributed by atoms with Crippen molar-refractivity contribution in [1.82, 2.24) is 5.32 Å². The normalized spacial score (nSPS) is 12.1. The van der Waals surface area contributed by atoms with Crippen molar-refractivity contribution in [1.29, 1.82) is 0 Å². The maximum atomic E-state index is 9.88. The minimum absolute atomic E-state index is 0.187. The third-order valence-electron chi connectivity index (χ3n) is 2.87. The largest absolute Gasteiger partial charge is 0.489 e. The standard InChI is InChI=1S/C16H17Cl2NO2/c17-13-5-3-4-12(8-13)9-19-10-14(20)11-21-16-7-2-1-6-15(16)18/h1-8,14,19-20H,9-11H2. The first-order valence-corrected chi connectivity index (χ1v) is 7.41. The Morgan fingerprint density at radius 3 is 2.67 bits per heavy atom. The van der Waals surface area contributed by atoms with Crippen LogP contribution in [0.5, 0.6) is 5.75 Å². The van der Waals surface area contributed by atoms with Gasteiger partial charge in [-0.15, -0.1) is 0 Å². The molecule has 0 aromatic heterocycles. The van der Waals surface area contributed by atoms with Gasteiger partial charge in [-0.1, -0.05) is 47.5 Å². The van der Waals surface area contributed by atoms with E-state index in [2.05, 4.69) is 5.32 Å². The molecule has 2 aromatic rings. The van der Waals surface area contributed by atoms with Crippen molar-refractivity contribution in [3.8, 4) is 5.75 Å². The smallest absolute Gasteiger partial charge is 0.138 e. The van der Waals surface area contributed by atoms with Gasteiger partial charge in [0.2, 0.25) is 0 Å². The zero-order valence-corrected chi connectivity index (χ0v) is 12.9. The molecule has 0 aliphatic rings. The first-order valence-electron chi connectivity index (χ1n) is 6.65. The Morgan fingerprint density at radius 2 is 1.90 bits per heavy atom. The van der Waals surface area contributed by atoms with Crippen molar-refractivity contribution in [3.63, 3.8) is 0 Å². The van der Waals surface area contributed by atoms with Crippen molar-refractivity contribution in [2.75, 3.05) is 13.2 Å². The molecule has 1 atom stereocenters. The fraction of sp³-hybridized carbons (Fsp3) is 0.250. The number of nitrogens with one attached hydrogen (secondary N) is 1. The highest BCUT2D eigenvalue weighted by Crippen LogP contribution is 2.23. The summed E-state index contributed by atoms with van der Waals surface area (Å²) >= 11 is 11.9. The molecule has 21 heavy (non-hydrogen) atoms. The van der Waals surface area contributed by atoms with Crippen LogP contribution in [-0.4, -0.2) is 24.4 Å². The third kappa shape index (κ3) is 5.56. The molecule has 0 radical (unpaired) electrons. The van der Waals surface area contributed by atoms with Crippen LogP contribution in [0.4, 0.5) is 0 Å². The molecule has 0 saturated carbocycles. The molecule has 0 fully saturated rings. The highest BCUT2D eigenvalue weighted by molar-refractivity contribution is 6.32. The molecular formula is C16H17Cl2NO2. The number of aliphatic hydroxyl groups is 1.